The van der Waals surface area contributed by atoms with Gasteiger partial charge in [0.25, 0.3) is 0 Å². The predicted octanol–water partition coefficient (Wildman–Crippen LogP) is 9.71. The number of hydrogen-bond donors (Lipinski definition) is 0. The molecular formula is C34H51BrO2. The number of esters is 1. The van der Waals surface area contributed by atoms with Crippen molar-refractivity contribution < 1.29 is 9.53 Å². The van der Waals surface area contributed by atoms with Crippen LogP contribution in [0.3, 0.4) is 0 Å². The third kappa shape index (κ3) is 5.21. The van der Waals surface area contributed by atoms with Gasteiger partial charge in [-0.15, -0.1) is 0 Å². The van der Waals surface area contributed by atoms with Crippen LogP contribution in [0.2, 0.25) is 0 Å². The highest BCUT2D eigenvalue weighted by Crippen LogP contribution is 2.69. The Balaban J connectivity index is 1.26. The summed E-state index contributed by atoms with van der Waals surface area (Å²) in [5.41, 5.74) is 1.60. The summed E-state index contributed by atoms with van der Waals surface area (Å²) >= 11 is 4.29. The van der Waals surface area contributed by atoms with Gasteiger partial charge in [0.1, 0.15) is 6.10 Å². The van der Waals surface area contributed by atoms with Crippen LogP contribution < -0.4 is 0 Å². The Labute approximate surface area is 235 Å². The Kier molecular flexibility index (Phi) is 8.22. The topological polar surface area (TPSA) is 26.3 Å². The van der Waals surface area contributed by atoms with E-state index in [0.29, 0.717) is 27.1 Å². The zero-order chi connectivity index (χ0) is 26.4. The van der Waals surface area contributed by atoms with Gasteiger partial charge in [0.2, 0.25) is 0 Å². The molecule has 0 aliphatic heterocycles. The smallest absolute Gasteiger partial charge is 0.338 e. The number of rotatable bonds is 7. The Morgan fingerprint density at radius 3 is 2.38 bits per heavy atom. The van der Waals surface area contributed by atoms with E-state index in [-0.39, 0.29) is 12.1 Å². The lowest BCUT2D eigenvalue weighted by molar-refractivity contribution is -0.126. The fourth-order valence-corrected chi connectivity index (χ4v) is 11.2. The summed E-state index contributed by atoms with van der Waals surface area (Å²) in [6.07, 6.45) is 14.5. The maximum Gasteiger partial charge on any atom is 0.338 e. The van der Waals surface area contributed by atoms with Crippen LogP contribution in [-0.2, 0) is 4.74 Å². The average molecular weight is 572 g/mol. The van der Waals surface area contributed by atoms with Crippen molar-refractivity contribution in [1.82, 2.24) is 0 Å². The predicted molar refractivity (Wildman–Crippen MR) is 157 cm³/mol. The van der Waals surface area contributed by atoms with Gasteiger partial charge in [-0.1, -0.05) is 88.0 Å². The largest absolute Gasteiger partial charge is 0.459 e. The molecule has 0 aromatic heterocycles. The molecule has 0 amide bonds. The first-order valence-corrected chi connectivity index (χ1v) is 16.4. The average Bonchev–Trinajstić information content (AvgIpc) is 3.22. The first-order valence-electron chi connectivity index (χ1n) is 15.5. The maximum atomic E-state index is 12.8. The van der Waals surface area contributed by atoms with Crippen LogP contribution >= 0.6 is 15.9 Å². The van der Waals surface area contributed by atoms with E-state index in [1.165, 1.54) is 57.8 Å². The van der Waals surface area contributed by atoms with Crippen LogP contribution in [-0.4, -0.2) is 16.9 Å². The van der Waals surface area contributed by atoms with Gasteiger partial charge in [0.15, 0.2) is 0 Å². The van der Waals surface area contributed by atoms with E-state index in [0.717, 1.165) is 48.3 Å². The van der Waals surface area contributed by atoms with E-state index in [4.69, 9.17) is 4.74 Å². The van der Waals surface area contributed by atoms with Crippen molar-refractivity contribution in [3.63, 3.8) is 0 Å². The minimum absolute atomic E-state index is 0.0680. The molecule has 2 nitrogen and oxygen atoms in total. The number of fused-ring (bicyclic) bond motifs is 5. The maximum absolute atomic E-state index is 12.8. The minimum Gasteiger partial charge on any atom is -0.459 e. The summed E-state index contributed by atoms with van der Waals surface area (Å²) in [5, 5.41) is 0. The van der Waals surface area contributed by atoms with Crippen molar-refractivity contribution in [3.05, 3.63) is 35.9 Å². The van der Waals surface area contributed by atoms with Crippen molar-refractivity contribution in [2.24, 2.45) is 52.3 Å². The molecule has 7 unspecified atom stereocenters. The van der Waals surface area contributed by atoms with E-state index in [9.17, 15) is 4.79 Å². The number of ether oxygens (including phenoxy) is 1. The van der Waals surface area contributed by atoms with Crippen LogP contribution in [0, 0.1) is 52.3 Å². The van der Waals surface area contributed by atoms with Gasteiger partial charge in [0.05, 0.1) is 5.56 Å². The van der Waals surface area contributed by atoms with Gasteiger partial charge in [-0.3, -0.25) is 0 Å². The van der Waals surface area contributed by atoms with Gasteiger partial charge < -0.3 is 4.74 Å². The van der Waals surface area contributed by atoms with Crippen molar-refractivity contribution in [2.75, 3.05) is 0 Å². The van der Waals surface area contributed by atoms with Crippen molar-refractivity contribution in [1.29, 1.82) is 0 Å². The van der Waals surface area contributed by atoms with Crippen LogP contribution in [0.1, 0.15) is 116 Å². The molecule has 1 aromatic carbocycles. The highest BCUT2D eigenvalue weighted by atomic mass is 79.9. The van der Waals surface area contributed by atoms with Crippen molar-refractivity contribution in [2.45, 2.75) is 116 Å². The zero-order valence-electron chi connectivity index (χ0n) is 24.1. The molecule has 37 heavy (non-hydrogen) atoms. The first kappa shape index (κ1) is 27.7. The van der Waals surface area contributed by atoms with Gasteiger partial charge in [-0.2, -0.15) is 0 Å². The second kappa shape index (κ2) is 11.0. The number of benzene rings is 1. The Hall–Kier alpha value is -0.830. The number of halogens is 1. The normalized spacial score (nSPS) is 42.0. The molecule has 5 rings (SSSR count). The second-order valence-electron chi connectivity index (χ2n) is 14.4. The summed E-state index contributed by atoms with van der Waals surface area (Å²) in [5.74, 6) is 5.61. The summed E-state index contributed by atoms with van der Waals surface area (Å²) in [7, 11) is 0. The van der Waals surface area contributed by atoms with Gasteiger partial charge >= 0.3 is 5.97 Å². The molecule has 1 aromatic rings. The van der Waals surface area contributed by atoms with Gasteiger partial charge in [-0.25, -0.2) is 4.79 Å². The van der Waals surface area contributed by atoms with Crippen molar-refractivity contribution >= 4 is 21.9 Å². The second-order valence-corrected chi connectivity index (χ2v) is 15.6. The standard InChI is InChI=1S/C34H51BrO2/c1-22(2)10-9-11-23(3)27-14-15-28-31-29(17-19-34(27,28)5)33(4)18-16-26(20-25(33)21-30(31)35)37-32(36)24-12-7-6-8-13-24/h6-8,12-13,22-23,25-31H,9-11,14-21H2,1-5H3/t23-,25-,26?,27?,28?,29?,30-,31?,33?,34?/m1/s1. The summed E-state index contributed by atoms with van der Waals surface area (Å²) < 4.78 is 6.06. The molecule has 4 aliphatic carbocycles. The van der Waals surface area contributed by atoms with E-state index in [2.05, 4.69) is 50.5 Å². The van der Waals surface area contributed by atoms with Crippen molar-refractivity contribution in [3.8, 4) is 0 Å². The highest BCUT2D eigenvalue weighted by molar-refractivity contribution is 9.09. The number of carbonyl (C=O) groups excluding carboxylic acids is 1. The number of alkyl halides is 1. The molecule has 0 bridgehead atoms. The molecule has 3 heteroatoms. The highest BCUT2D eigenvalue weighted by Gasteiger charge is 2.62. The van der Waals surface area contributed by atoms with Gasteiger partial charge in [0, 0.05) is 4.83 Å². The van der Waals surface area contributed by atoms with E-state index in [1.807, 2.05) is 30.3 Å². The van der Waals surface area contributed by atoms with E-state index in [1.54, 1.807) is 0 Å². The molecule has 0 spiro atoms. The quantitative estimate of drug-likeness (QED) is 0.241. The Morgan fingerprint density at radius 2 is 1.65 bits per heavy atom. The fourth-order valence-electron chi connectivity index (χ4n) is 10.1. The van der Waals surface area contributed by atoms with Crippen LogP contribution in [0.25, 0.3) is 0 Å². The first-order chi connectivity index (χ1) is 17.6. The summed E-state index contributed by atoms with van der Waals surface area (Å²) in [6.45, 7) is 12.6. The number of carbonyl (C=O) groups is 1. The molecule has 206 valence electrons. The molecule has 4 fully saturated rings. The summed E-state index contributed by atoms with van der Waals surface area (Å²) in [4.78, 5) is 13.4. The van der Waals surface area contributed by atoms with Crippen LogP contribution in [0.15, 0.2) is 30.3 Å². The molecule has 0 heterocycles. The lowest BCUT2D eigenvalue weighted by Gasteiger charge is -2.62. The Bertz CT molecular complexity index is 929. The molecule has 4 saturated carbocycles. The van der Waals surface area contributed by atoms with Gasteiger partial charge in [-0.05, 0) is 116 Å². The van der Waals surface area contributed by atoms with E-state index < -0.39 is 0 Å². The molecular weight excluding hydrogens is 520 g/mol. The fraction of sp³-hybridized carbons (Fsp3) is 0.794. The third-order valence-corrected chi connectivity index (χ3v) is 13.1. The summed E-state index contributed by atoms with van der Waals surface area (Å²) in [6, 6.07) is 9.53. The minimum atomic E-state index is -0.147. The SMILES string of the molecule is CC(C)CCC[C@@H](C)C1CCC2C3C(CCC21C)C1(C)CCC(OC(=O)c2ccccc2)C[C@@H]1C[C@H]3Br. The molecule has 10 atom stereocenters. The number of hydrogen-bond acceptors (Lipinski definition) is 2. The van der Waals surface area contributed by atoms with Crippen LogP contribution in [0.5, 0.6) is 0 Å². The third-order valence-electron chi connectivity index (χ3n) is 12.1. The van der Waals surface area contributed by atoms with E-state index >= 15 is 0 Å². The monoisotopic (exact) mass is 570 g/mol. The van der Waals surface area contributed by atoms with Crippen LogP contribution in [0.4, 0.5) is 0 Å². The molecule has 0 saturated heterocycles. The molecule has 0 N–H and O–H groups in total. The molecule has 4 aliphatic rings. The molecule has 0 radical (unpaired) electrons. The lowest BCUT2D eigenvalue weighted by Crippen LogP contribution is -2.57. The zero-order valence-corrected chi connectivity index (χ0v) is 25.6. The lowest BCUT2D eigenvalue weighted by atomic mass is 9.44. The Morgan fingerprint density at radius 1 is 0.946 bits per heavy atom.